The zero-order chi connectivity index (χ0) is 11.3. The highest BCUT2D eigenvalue weighted by Gasteiger charge is 2.06. The smallest absolute Gasteiger partial charge is 0.354 e. The van der Waals surface area contributed by atoms with Gasteiger partial charge in [0, 0.05) is 6.54 Å². The van der Waals surface area contributed by atoms with E-state index in [1.165, 1.54) is 6.07 Å². The van der Waals surface area contributed by atoms with Crippen molar-refractivity contribution in [3.05, 3.63) is 29.6 Å². The van der Waals surface area contributed by atoms with Crippen molar-refractivity contribution in [2.75, 3.05) is 13.6 Å². The number of hydrogen-bond donors (Lipinski definition) is 1. The third kappa shape index (κ3) is 3.67. The van der Waals surface area contributed by atoms with Crippen LogP contribution in [0.15, 0.2) is 18.2 Å². The summed E-state index contributed by atoms with van der Waals surface area (Å²) in [6.07, 6.45) is 1.08. The molecule has 0 aliphatic rings. The number of carbonyl (C=O) groups is 1. The van der Waals surface area contributed by atoms with Crippen LogP contribution in [0.4, 0.5) is 0 Å². The van der Waals surface area contributed by atoms with E-state index in [-0.39, 0.29) is 5.69 Å². The van der Waals surface area contributed by atoms with Crippen molar-refractivity contribution in [2.24, 2.45) is 0 Å². The summed E-state index contributed by atoms with van der Waals surface area (Å²) in [6.45, 7) is 3.78. The molecule has 0 aliphatic heterocycles. The van der Waals surface area contributed by atoms with Gasteiger partial charge in [0.25, 0.3) is 0 Å². The molecule has 4 nitrogen and oxygen atoms in total. The Balaban J connectivity index is 2.69. The first-order valence-corrected chi connectivity index (χ1v) is 5.01. The maximum absolute atomic E-state index is 10.7. The van der Waals surface area contributed by atoms with Gasteiger partial charge in [0.1, 0.15) is 5.69 Å². The van der Waals surface area contributed by atoms with Gasteiger partial charge in [-0.05, 0) is 32.1 Å². The van der Waals surface area contributed by atoms with Crippen molar-refractivity contribution in [2.45, 2.75) is 19.9 Å². The zero-order valence-corrected chi connectivity index (χ0v) is 9.10. The highest BCUT2D eigenvalue weighted by molar-refractivity contribution is 5.85. The van der Waals surface area contributed by atoms with Crippen molar-refractivity contribution in [1.82, 2.24) is 9.88 Å². The maximum Gasteiger partial charge on any atom is 0.354 e. The molecule has 1 aromatic rings. The molecule has 0 saturated heterocycles. The van der Waals surface area contributed by atoms with Gasteiger partial charge in [-0.2, -0.15) is 0 Å². The standard InChI is InChI=1S/C11H16N2O2/c1-3-7-13(2)8-9-5-4-6-10(12-9)11(14)15/h4-6H,3,7-8H2,1-2H3,(H,14,15). The van der Waals surface area contributed by atoms with Gasteiger partial charge in [-0.15, -0.1) is 0 Å². The normalized spacial score (nSPS) is 10.6. The number of carboxylic acid groups (broad SMARTS) is 1. The minimum atomic E-state index is -0.977. The van der Waals surface area contributed by atoms with Gasteiger partial charge in [-0.3, -0.25) is 0 Å². The number of nitrogens with zero attached hydrogens (tertiary/aromatic N) is 2. The Morgan fingerprint density at radius 1 is 1.53 bits per heavy atom. The second kappa shape index (κ2) is 5.46. The fraction of sp³-hybridized carbons (Fsp3) is 0.455. The molecule has 0 amide bonds. The van der Waals surface area contributed by atoms with Gasteiger partial charge >= 0.3 is 5.97 Å². The van der Waals surface area contributed by atoms with Crippen molar-refractivity contribution >= 4 is 5.97 Å². The number of aromatic nitrogens is 1. The molecule has 0 aromatic carbocycles. The Kier molecular flexibility index (Phi) is 4.24. The lowest BCUT2D eigenvalue weighted by molar-refractivity contribution is 0.0690. The minimum Gasteiger partial charge on any atom is -0.477 e. The van der Waals surface area contributed by atoms with Crippen LogP contribution in [0.5, 0.6) is 0 Å². The topological polar surface area (TPSA) is 53.4 Å². The number of hydrogen-bond acceptors (Lipinski definition) is 3. The Morgan fingerprint density at radius 3 is 2.87 bits per heavy atom. The Bertz CT molecular complexity index is 339. The number of aromatic carboxylic acids is 1. The van der Waals surface area contributed by atoms with Gasteiger partial charge in [0.2, 0.25) is 0 Å². The van der Waals surface area contributed by atoms with Crippen molar-refractivity contribution in [1.29, 1.82) is 0 Å². The molecule has 15 heavy (non-hydrogen) atoms. The quantitative estimate of drug-likeness (QED) is 0.799. The van der Waals surface area contributed by atoms with E-state index in [1.807, 2.05) is 13.1 Å². The van der Waals surface area contributed by atoms with Crippen LogP contribution in [0.1, 0.15) is 29.5 Å². The number of carboxylic acids is 1. The molecule has 0 saturated carbocycles. The lowest BCUT2D eigenvalue weighted by Crippen LogP contribution is -2.19. The Morgan fingerprint density at radius 2 is 2.27 bits per heavy atom. The molecule has 0 atom stereocenters. The summed E-state index contributed by atoms with van der Waals surface area (Å²) in [6, 6.07) is 5.08. The molecule has 0 unspecified atom stereocenters. The summed E-state index contributed by atoms with van der Waals surface area (Å²) < 4.78 is 0. The number of pyridine rings is 1. The average Bonchev–Trinajstić information content (AvgIpc) is 2.18. The van der Waals surface area contributed by atoms with Gasteiger partial charge in [-0.25, -0.2) is 9.78 Å². The second-order valence-electron chi connectivity index (χ2n) is 3.56. The first-order chi connectivity index (χ1) is 7.13. The minimum absolute atomic E-state index is 0.109. The molecule has 82 valence electrons. The monoisotopic (exact) mass is 208 g/mol. The molecule has 1 rings (SSSR count). The summed E-state index contributed by atoms with van der Waals surface area (Å²) >= 11 is 0. The lowest BCUT2D eigenvalue weighted by atomic mass is 10.3. The van der Waals surface area contributed by atoms with E-state index in [1.54, 1.807) is 6.07 Å². The molecular weight excluding hydrogens is 192 g/mol. The van der Waals surface area contributed by atoms with Gasteiger partial charge < -0.3 is 10.0 Å². The predicted molar refractivity (Wildman–Crippen MR) is 57.8 cm³/mol. The van der Waals surface area contributed by atoms with Gasteiger partial charge in [-0.1, -0.05) is 13.0 Å². The van der Waals surface area contributed by atoms with Crippen LogP contribution in [0.3, 0.4) is 0 Å². The summed E-state index contributed by atoms with van der Waals surface area (Å²) in [4.78, 5) is 16.9. The molecule has 1 N–H and O–H groups in total. The molecule has 0 fully saturated rings. The van der Waals surface area contributed by atoms with Crippen molar-refractivity contribution < 1.29 is 9.90 Å². The summed E-state index contributed by atoms with van der Waals surface area (Å²) in [7, 11) is 2.00. The average molecular weight is 208 g/mol. The largest absolute Gasteiger partial charge is 0.477 e. The molecule has 0 bridgehead atoms. The fourth-order valence-corrected chi connectivity index (χ4v) is 1.42. The molecule has 0 radical (unpaired) electrons. The van der Waals surface area contributed by atoms with E-state index >= 15 is 0 Å². The van der Waals surface area contributed by atoms with Crippen LogP contribution in [0.2, 0.25) is 0 Å². The summed E-state index contributed by atoms with van der Waals surface area (Å²) in [5.41, 5.74) is 0.906. The lowest BCUT2D eigenvalue weighted by Gasteiger charge is -2.14. The molecule has 4 heteroatoms. The fourth-order valence-electron chi connectivity index (χ4n) is 1.42. The van der Waals surface area contributed by atoms with Crippen LogP contribution in [0.25, 0.3) is 0 Å². The SMILES string of the molecule is CCCN(C)Cc1cccc(C(=O)O)n1. The third-order valence-corrected chi connectivity index (χ3v) is 2.06. The first-order valence-electron chi connectivity index (χ1n) is 5.01. The second-order valence-corrected chi connectivity index (χ2v) is 3.56. The molecule has 1 aromatic heterocycles. The summed E-state index contributed by atoms with van der Waals surface area (Å²) in [5.74, 6) is -0.977. The Hall–Kier alpha value is -1.42. The van der Waals surface area contributed by atoms with Gasteiger partial charge in [0.15, 0.2) is 0 Å². The molecule has 1 heterocycles. The highest BCUT2D eigenvalue weighted by atomic mass is 16.4. The van der Waals surface area contributed by atoms with E-state index in [4.69, 9.17) is 5.11 Å². The highest BCUT2D eigenvalue weighted by Crippen LogP contribution is 2.03. The summed E-state index contributed by atoms with van der Waals surface area (Å²) in [5, 5.41) is 8.77. The maximum atomic E-state index is 10.7. The van der Waals surface area contributed by atoms with E-state index in [0.717, 1.165) is 18.7 Å². The molecule has 0 aliphatic carbocycles. The van der Waals surface area contributed by atoms with Crippen LogP contribution in [-0.2, 0) is 6.54 Å². The first kappa shape index (κ1) is 11.7. The van der Waals surface area contributed by atoms with E-state index in [2.05, 4.69) is 16.8 Å². The van der Waals surface area contributed by atoms with Gasteiger partial charge in [0.05, 0.1) is 5.69 Å². The van der Waals surface area contributed by atoms with E-state index < -0.39 is 5.97 Å². The predicted octanol–water partition coefficient (Wildman–Crippen LogP) is 1.62. The Labute approximate surface area is 89.6 Å². The van der Waals surface area contributed by atoms with Crippen molar-refractivity contribution in [3.63, 3.8) is 0 Å². The van der Waals surface area contributed by atoms with Crippen molar-refractivity contribution in [3.8, 4) is 0 Å². The van der Waals surface area contributed by atoms with E-state index in [9.17, 15) is 4.79 Å². The third-order valence-electron chi connectivity index (χ3n) is 2.06. The van der Waals surface area contributed by atoms with Crippen LogP contribution >= 0.6 is 0 Å². The zero-order valence-electron chi connectivity index (χ0n) is 9.10. The van der Waals surface area contributed by atoms with E-state index in [0.29, 0.717) is 6.54 Å². The van der Waals surface area contributed by atoms with Crippen LogP contribution < -0.4 is 0 Å². The molecule has 0 spiro atoms. The van der Waals surface area contributed by atoms with Crippen LogP contribution in [-0.4, -0.2) is 34.6 Å². The van der Waals surface area contributed by atoms with Crippen LogP contribution in [0, 0.1) is 0 Å². The number of rotatable bonds is 5. The molecular formula is C11H16N2O2.